The molecule has 9 nitrogen and oxygen atoms in total. The van der Waals surface area contributed by atoms with Crippen molar-refractivity contribution in [3.05, 3.63) is 68.5 Å². The van der Waals surface area contributed by atoms with Crippen molar-refractivity contribution in [3.8, 4) is 0 Å². The molecule has 0 bridgehead atoms. The summed E-state index contributed by atoms with van der Waals surface area (Å²) in [6.45, 7) is 0. The van der Waals surface area contributed by atoms with Gasteiger partial charge in [-0.2, -0.15) is 5.10 Å². The normalized spacial score (nSPS) is 18.5. The first-order chi connectivity index (χ1) is 12.6. The van der Waals surface area contributed by atoms with Crippen molar-refractivity contribution in [2.75, 3.05) is 5.43 Å². The van der Waals surface area contributed by atoms with Gasteiger partial charge in [-0.05, 0) is 37.5 Å². The largest absolute Gasteiger partial charge is 0.301 e. The van der Waals surface area contributed by atoms with Crippen LogP contribution >= 0.6 is 0 Å². The molecule has 0 aliphatic heterocycles. The Kier molecular flexibility index (Phi) is 5.16. The summed E-state index contributed by atoms with van der Waals surface area (Å²) < 4.78 is 0. The highest BCUT2D eigenvalue weighted by molar-refractivity contribution is 5.92. The third-order valence-electron chi connectivity index (χ3n) is 4.33. The van der Waals surface area contributed by atoms with E-state index in [1.54, 1.807) is 6.20 Å². The molecule has 2 aromatic rings. The molecule has 0 saturated heterocycles. The number of hydrazone groups is 1. The molecule has 1 aromatic heterocycles. The average Bonchev–Trinajstić information content (AvgIpc) is 2.67. The number of nitrogens with one attached hydrogen (secondary N) is 1. The second kappa shape index (κ2) is 7.68. The average molecular weight is 355 g/mol. The van der Waals surface area contributed by atoms with Crippen LogP contribution in [0.25, 0.3) is 0 Å². The van der Waals surface area contributed by atoms with E-state index < -0.39 is 9.85 Å². The number of anilines is 1. The van der Waals surface area contributed by atoms with E-state index in [0.717, 1.165) is 43.2 Å². The molecule has 0 radical (unpaired) electrons. The van der Waals surface area contributed by atoms with E-state index >= 15 is 0 Å². The highest BCUT2D eigenvalue weighted by atomic mass is 16.6. The predicted octanol–water partition coefficient (Wildman–Crippen LogP) is 4.02. The smallest absolute Gasteiger partial charge is 0.272 e. The minimum absolute atomic E-state index is 0.0644. The number of nitrogens with zero attached hydrogens (tertiary/aromatic N) is 4. The van der Waals surface area contributed by atoms with Crippen molar-refractivity contribution in [2.45, 2.75) is 31.6 Å². The maximum Gasteiger partial charge on any atom is 0.301 e. The van der Waals surface area contributed by atoms with Crippen LogP contribution in [-0.2, 0) is 0 Å². The van der Waals surface area contributed by atoms with Crippen LogP contribution in [0.3, 0.4) is 0 Å². The molecule has 0 spiro atoms. The first-order valence-corrected chi connectivity index (χ1v) is 8.22. The maximum atomic E-state index is 11.2. The molecular weight excluding hydrogens is 338 g/mol. The molecule has 1 heterocycles. The Hall–Kier alpha value is -3.36. The third kappa shape index (κ3) is 3.82. The molecule has 1 aromatic carbocycles. The standard InChI is InChI=1S/C17H17N5O4/c23-21(24)12-8-9-16(17(11-12)22(25)26)20-19-15-7-2-1-5-13(15)14-6-3-4-10-18-14/h3-4,6,8-11,13,20H,1-2,5,7H2/t13-/m0/s1. The van der Waals surface area contributed by atoms with Gasteiger partial charge in [0.1, 0.15) is 5.69 Å². The van der Waals surface area contributed by atoms with Crippen LogP contribution < -0.4 is 5.43 Å². The van der Waals surface area contributed by atoms with Crippen LogP contribution in [-0.4, -0.2) is 20.5 Å². The van der Waals surface area contributed by atoms with Crippen molar-refractivity contribution < 1.29 is 9.85 Å². The number of aromatic nitrogens is 1. The van der Waals surface area contributed by atoms with Gasteiger partial charge in [-0.25, -0.2) is 0 Å². The quantitative estimate of drug-likeness (QED) is 0.638. The maximum absolute atomic E-state index is 11.2. The Morgan fingerprint density at radius 3 is 2.65 bits per heavy atom. The number of nitro benzene ring substituents is 2. The summed E-state index contributed by atoms with van der Waals surface area (Å²) in [6.07, 6.45) is 5.48. The summed E-state index contributed by atoms with van der Waals surface area (Å²) in [5, 5.41) is 26.4. The van der Waals surface area contributed by atoms with E-state index in [4.69, 9.17) is 0 Å². The van der Waals surface area contributed by atoms with Crippen molar-refractivity contribution >= 4 is 22.8 Å². The van der Waals surface area contributed by atoms with Gasteiger partial charge in [0.25, 0.3) is 5.69 Å². The fourth-order valence-corrected chi connectivity index (χ4v) is 3.04. The van der Waals surface area contributed by atoms with Gasteiger partial charge >= 0.3 is 5.69 Å². The number of rotatable bonds is 5. The van der Waals surface area contributed by atoms with E-state index in [0.29, 0.717) is 0 Å². The number of nitro groups is 2. The minimum atomic E-state index is -0.666. The van der Waals surface area contributed by atoms with Crippen molar-refractivity contribution in [3.63, 3.8) is 0 Å². The fraction of sp³-hybridized carbons (Fsp3) is 0.294. The number of hydrogen-bond acceptors (Lipinski definition) is 7. The summed E-state index contributed by atoms with van der Waals surface area (Å²) >= 11 is 0. The molecule has 1 saturated carbocycles. The molecule has 9 heteroatoms. The molecule has 1 aliphatic carbocycles. The van der Waals surface area contributed by atoms with Gasteiger partial charge in [0.15, 0.2) is 0 Å². The molecule has 3 rings (SSSR count). The lowest BCUT2D eigenvalue weighted by Crippen LogP contribution is -2.20. The first-order valence-electron chi connectivity index (χ1n) is 8.22. The van der Waals surface area contributed by atoms with Gasteiger partial charge in [0, 0.05) is 29.6 Å². The van der Waals surface area contributed by atoms with Crippen molar-refractivity contribution in [1.82, 2.24) is 4.98 Å². The summed E-state index contributed by atoms with van der Waals surface area (Å²) in [4.78, 5) is 25.1. The number of non-ortho nitro benzene ring substituents is 1. The van der Waals surface area contributed by atoms with E-state index in [2.05, 4.69) is 15.5 Å². The Morgan fingerprint density at radius 2 is 1.96 bits per heavy atom. The number of hydrogen-bond donors (Lipinski definition) is 1. The summed E-state index contributed by atoms with van der Waals surface area (Å²) in [6, 6.07) is 9.16. The van der Waals surface area contributed by atoms with E-state index in [-0.39, 0.29) is 23.0 Å². The van der Waals surface area contributed by atoms with Crippen LogP contribution in [0.4, 0.5) is 17.1 Å². The van der Waals surface area contributed by atoms with E-state index in [1.807, 2.05) is 18.2 Å². The Balaban J connectivity index is 1.88. The number of benzene rings is 1. The Morgan fingerprint density at radius 1 is 1.12 bits per heavy atom. The van der Waals surface area contributed by atoms with Crippen molar-refractivity contribution in [1.29, 1.82) is 0 Å². The molecule has 134 valence electrons. The Labute approximate surface area is 149 Å². The lowest BCUT2D eigenvalue weighted by Gasteiger charge is -2.23. The van der Waals surface area contributed by atoms with Gasteiger partial charge in [0.2, 0.25) is 0 Å². The SMILES string of the molecule is O=[N+]([O-])c1ccc(NN=C2CCCC[C@H]2c2ccccn2)c([N+](=O)[O-])c1. The van der Waals surface area contributed by atoms with Gasteiger partial charge < -0.3 is 0 Å². The van der Waals surface area contributed by atoms with Crippen LogP contribution in [0.15, 0.2) is 47.7 Å². The third-order valence-corrected chi connectivity index (χ3v) is 4.33. The molecular formula is C17H17N5O4. The predicted molar refractivity (Wildman–Crippen MR) is 96.3 cm³/mol. The summed E-state index contributed by atoms with van der Waals surface area (Å²) in [5.41, 5.74) is 3.93. The number of pyridine rings is 1. The second-order valence-electron chi connectivity index (χ2n) is 5.98. The Bertz CT molecular complexity index is 853. The topological polar surface area (TPSA) is 124 Å². The molecule has 1 atom stereocenters. The molecule has 1 aliphatic rings. The summed E-state index contributed by atoms with van der Waals surface area (Å²) in [7, 11) is 0. The first kappa shape index (κ1) is 17.5. The molecule has 0 amide bonds. The fourth-order valence-electron chi connectivity index (χ4n) is 3.04. The zero-order valence-corrected chi connectivity index (χ0v) is 13.9. The molecule has 1 N–H and O–H groups in total. The summed E-state index contributed by atoms with van der Waals surface area (Å²) in [5.74, 6) is 0.0644. The lowest BCUT2D eigenvalue weighted by molar-refractivity contribution is -0.393. The molecule has 1 fully saturated rings. The van der Waals surface area contributed by atoms with Gasteiger partial charge in [0.05, 0.1) is 15.9 Å². The zero-order chi connectivity index (χ0) is 18.5. The highest BCUT2D eigenvalue weighted by Gasteiger charge is 2.24. The van der Waals surface area contributed by atoms with Gasteiger partial charge in [-0.1, -0.05) is 12.5 Å². The van der Waals surface area contributed by atoms with Gasteiger partial charge in [-0.15, -0.1) is 0 Å². The van der Waals surface area contributed by atoms with Crippen LogP contribution in [0, 0.1) is 20.2 Å². The lowest BCUT2D eigenvalue weighted by atomic mass is 9.85. The van der Waals surface area contributed by atoms with Gasteiger partial charge in [-0.3, -0.25) is 30.6 Å². The van der Waals surface area contributed by atoms with E-state index in [9.17, 15) is 20.2 Å². The minimum Gasteiger partial charge on any atom is -0.272 e. The molecule has 26 heavy (non-hydrogen) atoms. The van der Waals surface area contributed by atoms with Crippen LogP contribution in [0.2, 0.25) is 0 Å². The zero-order valence-electron chi connectivity index (χ0n) is 13.9. The highest BCUT2D eigenvalue weighted by Crippen LogP contribution is 2.32. The second-order valence-corrected chi connectivity index (χ2v) is 5.98. The van der Waals surface area contributed by atoms with Crippen molar-refractivity contribution in [2.24, 2.45) is 5.10 Å². The van der Waals surface area contributed by atoms with E-state index in [1.165, 1.54) is 12.1 Å². The monoisotopic (exact) mass is 355 g/mol. The van der Waals surface area contributed by atoms with Crippen LogP contribution in [0.5, 0.6) is 0 Å². The molecule has 0 unspecified atom stereocenters. The van der Waals surface area contributed by atoms with Crippen LogP contribution in [0.1, 0.15) is 37.3 Å².